The first-order chi connectivity index (χ1) is 5.26. The van der Waals surface area contributed by atoms with Crippen molar-refractivity contribution in [3.8, 4) is 0 Å². The predicted octanol–water partition coefficient (Wildman–Crippen LogP) is 0.131. The second-order valence-corrected chi connectivity index (χ2v) is 6.08. The van der Waals surface area contributed by atoms with Gasteiger partial charge in [0.15, 0.2) is 9.84 Å². The highest BCUT2D eigenvalue weighted by Crippen LogP contribution is 2.26. The number of hydrogen-bond donors (Lipinski definition) is 1. The van der Waals surface area contributed by atoms with Crippen molar-refractivity contribution in [2.24, 2.45) is 0 Å². The van der Waals surface area contributed by atoms with Gasteiger partial charge in [-0.3, -0.25) is 4.90 Å². The molecule has 0 radical (unpaired) electrons. The Morgan fingerprint density at radius 2 is 2.00 bits per heavy atom. The fourth-order valence-corrected chi connectivity index (χ4v) is 2.42. The van der Waals surface area contributed by atoms with E-state index in [9.17, 15) is 13.2 Å². The van der Waals surface area contributed by atoms with Gasteiger partial charge in [0.25, 0.3) is 0 Å². The number of nitrogens with zero attached hydrogens (tertiary/aromatic N) is 1. The van der Waals surface area contributed by atoms with Crippen molar-refractivity contribution in [2.75, 3.05) is 12.4 Å². The summed E-state index contributed by atoms with van der Waals surface area (Å²) in [5, 5.41) is 8.54. The lowest BCUT2D eigenvalue weighted by Gasteiger charge is -2.14. The molecule has 0 aromatic heterocycles. The highest BCUT2D eigenvalue weighted by Gasteiger charge is 2.45. The van der Waals surface area contributed by atoms with Gasteiger partial charge in [-0.05, 0) is 13.8 Å². The van der Waals surface area contributed by atoms with Crippen LogP contribution in [-0.4, -0.2) is 41.7 Å². The number of rotatable bonds is 0. The molecule has 0 bridgehead atoms. The van der Waals surface area contributed by atoms with E-state index in [1.165, 1.54) is 13.8 Å². The fourth-order valence-electron chi connectivity index (χ4n) is 1.11. The third kappa shape index (κ3) is 1.26. The van der Waals surface area contributed by atoms with E-state index in [1.54, 1.807) is 0 Å². The Balaban J connectivity index is 2.97. The van der Waals surface area contributed by atoms with Crippen LogP contribution >= 0.6 is 0 Å². The molecular formula is C6H11NO4S. The molecule has 1 aliphatic rings. The lowest BCUT2D eigenvalue weighted by atomic mass is 10.2. The second kappa shape index (κ2) is 2.35. The summed E-state index contributed by atoms with van der Waals surface area (Å²) >= 11 is 0. The van der Waals surface area contributed by atoms with Crippen LogP contribution in [0.4, 0.5) is 4.79 Å². The van der Waals surface area contributed by atoms with Crippen molar-refractivity contribution < 1.29 is 18.3 Å². The van der Waals surface area contributed by atoms with E-state index >= 15 is 0 Å². The number of amides is 1. The van der Waals surface area contributed by atoms with Gasteiger partial charge >= 0.3 is 6.09 Å². The third-order valence-electron chi connectivity index (χ3n) is 2.01. The molecule has 5 nitrogen and oxygen atoms in total. The van der Waals surface area contributed by atoms with E-state index in [0.29, 0.717) is 0 Å². The van der Waals surface area contributed by atoms with Gasteiger partial charge in [-0.2, -0.15) is 0 Å². The monoisotopic (exact) mass is 193 g/mol. The molecule has 1 heterocycles. The average Bonchev–Trinajstić information content (AvgIpc) is 2.03. The highest BCUT2D eigenvalue weighted by molar-refractivity contribution is 7.93. The molecule has 0 spiro atoms. The minimum Gasteiger partial charge on any atom is -0.465 e. The summed E-state index contributed by atoms with van der Waals surface area (Å²) in [4.78, 5) is 11.4. The van der Waals surface area contributed by atoms with E-state index in [-0.39, 0.29) is 12.4 Å². The van der Waals surface area contributed by atoms with Gasteiger partial charge in [0, 0.05) is 6.54 Å². The molecule has 0 aromatic rings. The van der Waals surface area contributed by atoms with Crippen molar-refractivity contribution >= 4 is 15.9 Å². The molecule has 1 rings (SSSR count). The van der Waals surface area contributed by atoms with Crippen LogP contribution in [0.1, 0.15) is 13.8 Å². The molecule has 1 saturated heterocycles. The number of carboxylic acid groups (broad SMARTS) is 1. The maximum atomic E-state index is 11.3. The molecule has 12 heavy (non-hydrogen) atoms. The lowest BCUT2D eigenvalue weighted by Crippen LogP contribution is -2.32. The van der Waals surface area contributed by atoms with E-state index < -0.39 is 20.7 Å². The molecule has 0 unspecified atom stereocenters. The molecule has 6 heteroatoms. The average molecular weight is 193 g/mol. The molecular weight excluding hydrogens is 182 g/mol. The maximum Gasteiger partial charge on any atom is 0.408 e. The summed E-state index contributed by atoms with van der Waals surface area (Å²) < 4.78 is 21.6. The summed E-state index contributed by atoms with van der Waals surface area (Å²) in [5.74, 6) is -0.380. The zero-order valence-electron chi connectivity index (χ0n) is 6.94. The maximum absolute atomic E-state index is 11.3. The van der Waals surface area contributed by atoms with E-state index in [1.807, 2.05) is 0 Å². The number of carbonyl (C=O) groups is 1. The van der Waals surface area contributed by atoms with Crippen LogP contribution in [0.25, 0.3) is 0 Å². The molecule has 0 aromatic carbocycles. The van der Waals surface area contributed by atoms with Crippen LogP contribution < -0.4 is 0 Å². The van der Waals surface area contributed by atoms with Crippen LogP contribution in [0.3, 0.4) is 0 Å². The summed E-state index contributed by atoms with van der Waals surface area (Å²) in [5.41, 5.74) is 0. The smallest absolute Gasteiger partial charge is 0.408 e. The van der Waals surface area contributed by atoms with Crippen LogP contribution in [0, 0.1) is 0 Å². The van der Waals surface area contributed by atoms with Crippen LogP contribution in [0.2, 0.25) is 0 Å². The Kier molecular flexibility index (Phi) is 1.82. The van der Waals surface area contributed by atoms with Crippen molar-refractivity contribution in [3.05, 3.63) is 0 Å². The minimum absolute atomic E-state index is 0.0602. The standard InChI is InChI=1S/C6H11NO4S/c1-6(2)3-7(5(8)9)4-12(6,10)11/h3-4H2,1-2H3,(H,8,9). The van der Waals surface area contributed by atoms with Crippen LogP contribution in [-0.2, 0) is 9.84 Å². The van der Waals surface area contributed by atoms with Gasteiger partial charge in [-0.15, -0.1) is 0 Å². The molecule has 70 valence electrons. The number of hydrogen-bond acceptors (Lipinski definition) is 3. The summed E-state index contributed by atoms with van der Waals surface area (Å²) in [6.07, 6.45) is -1.18. The van der Waals surface area contributed by atoms with Crippen LogP contribution in [0.5, 0.6) is 0 Å². The van der Waals surface area contributed by atoms with Crippen molar-refractivity contribution in [3.63, 3.8) is 0 Å². The Morgan fingerprint density at radius 3 is 2.17 bits per heavy atom. The number of sulfone groups is 1. The van der Waals surface area contributed by atoms with Crippen molar-refractivity contribution in [2.45, 2.75) is 18.6 Å². The molecule has 0 atom stereocenters. The summed E-state index contributed by atoms with van der Waals surface area (Å²) in [6, 6.07) is 0. The largest absolute Gasteiger partial charge is 0.465 e. The van der Waals surface area contributed by atoms with Crippen molar-refractivity contribution in [1.82, 2.24) is 4.90 Å². The first kappa shape index (κ1) is 9.31. The van der Waals surface area contributed by atoms with Gasteiger partial charge in [-0.1, -0.05) is 0 Å². The third-order valence-corrected chi connectivity index (χ3v) is 4.47. The molecule has 0 saturated carbocycles. The SMILES string of the molecule is CC1(C)CN(C(=O)O)CS1(=O)=O. The molecule has 1 aliphatic heterocycles. The fraction of sp³-hybridized carbons (Fsp3) is 0.833. The van der Waals surface area contributed by atoms with E-state index in [0.717, 1.165) is 4.90 Å². The van der Waals surface area contributed by atoms with Gasteiger partial charge in [0.2, 0.25) is 0 Å². The van der Waals surface area contributed by atoms with E-state index in [2.05, 4.69) is 0 Å². The minimum atomic E-state index is -3.27. The van der Waals surface area contributed by atoms with Gasteiger partial charge in [0.1, 0.15) is 5.88 Å². The predicted molar refractivity (Wildman–Crippen MR) is 42.6 cm³/mol. The highest BCUT2D eigenvalue weighted by atomic mass is 32.2. The lowest BCUT2D eigenvalue weighted by molar-refractivity contribution is 0.154. The second-order valence-electron chi connectivity index (χ2n) is 3.48. The zero-order chi connectivity index (χ0) is 9.57. The topological polar surface area (TPSA) is 74.7 Å². The van der Waals surface area contributed by atoms with Gasteiger partial charge < -0.3 is 5.11 Å². The summed E-state index contributed by atoms with van der Waals surface area (Å²) in [7, 11) is -3.27. The first-order valence-electron chi connectivity index (χ1n) is 3.46. The quantitative estimate of drug-likeness (QED) is 0.593. The summed E-state index contributed by atoms with van der Waals surface area (Å²) in [6.45, 7) is 3.13. The molecule has 0 aliphatic carbocycles. The van der Waals surface area contributed by atoms with Crippen LogP contribution in [0.15, 0.2) is 0 Å². The molecule has 1 fully saturated rings. The zero-order valence-corrected chi connectivity index (χ0v) is 7.76. The Labute approximate surface area is 70.9 Å². The van der Waals surface area contributed by atoms with Gasteiger partial charge in [0.05, 0.1) is 4.75 Å². The normalized spacial score (nSPS) is 25.7. The Hall–Kier alpha value is -0.780. The first-order valence-corrected chi connectivity index (χ1v) is 5.12. The Morgan fingerprint density at radius 1 is 1.50 bits per heavy atom. The molecule has 1 amide bonds. The van der Waals surface area contributed by atoms with Gasteiger partial charge in [-0.25, -0.2) is 13.2 Å². The van der Waals surface area contributed by atoms with Crippen molar-refractivity contribution in [1.29, 1.82) is 0 Å². The van der Waals surface area contributed by atoms with E-state index in [4.69, 9.17) is 5.11 Å². The Bertz CT molecular complexity index is 306. The molecule has 1 N–H and O–H groups in total.